The number of hydrogen-bond donors (Lipinski definition) is 1. The van der Waals surface area contributed by atoms with Crippen LogP contribution in [-0.4, -0.2) is 19.9 Å². The molecule has 0 aromatic carbocycles. The van der Waals surface area contributed by atoms with Gasteiger partial charge in [-0.1, -0.05) is 5.16 Å². The van der Waals surface area contributed by atoms with E-state index in [1.807, 2.05) is 6.92 Å². The van der Waals surface area contributed by atoms with Crippen molar-refractivity contribution >= 4 is 12.2 Å². The number of nitrogens with one attached hydrogen (secondary N) is 1. The lowest BCUT2D eigenvalue weighted by atomic mass is 10.4. The topological polar surface area (TPSA) is 59.6 Å². The van der Waals surface area contributed by atoms with Crippen molar-refractivity contribution in [3.63, 3.8) is 0 Å². The molecule has 0 atom stereocenters. The van der Waals surface area contributed by atoms with Crippen LogP contribution in [0.3, 0.4) is 0 Å². The van der Waals surface area contributed by atoms with Gasteiger partial charge in [-0.25, -0.2) is 0 Å². The molecule has 0 spiro atoms. The van der Waals surface area contributed by atoms with E-state index in [4.69, 9.17) is 16.7 Å². The summed E-state index contributed by atoms with van der Waals surface area (Å²) in [5, 5.41) is 6.76. The van der Waals surface area contributed by atoms with Gasteiger partial charge in [-0.3, -0.25) is 9.78 Å². The van der Waals surface area contributed by atoms with Crippen molar-refractivity contribution in [2.75, 3.05) is 0 Å². The van der Waals surface area contributed by atoms with Gasteiger partial charge in [0.15, 0.2) is 11.5 Å². The number of H-pyrrole nitrogens is 1. The number of rotatable bonds is 1. The van der Waals surface area contributed by atoms with E-state index in [1.165, 1.54) is 0 Å². The third-order valence-electron chi connectivity index (χ3n) is 1.64. The molecule has 2 aromatic rings. The largest absolute Gasteiger partial charge is 0.361 e. The Balaban J connectivity index is 2.52. The van der Waals surface area contributed by atoms with Crippen molar-refractivity contribution < 1.29 is 4.52 Å². The molecule has 2 heterocycles. The van der Waals surface area contributed by atoms with Gasteiger partial charge < -0.3 is 4.52 Å². The van der Waals surface area contributed by atoms with Gasteiger partial charge in [0.2, 0.25) is 4.77 Å². The third kappa shape index (κ3) is 1.40. The highest BCUT2D eigenvalue weighted by molar-refractivity contribution is 7.71. The molecule has 0 aliphatic heterocycles. The number of hydrogen-bond acceptors (Lipinski definition) is 4. The minimum Gasteiger partial charge on any atom is -0.361 e. The van der Waals surface area contributed by atoms with Gasteiger partial charge in [-0.2, -0.15) is 4.98 Å². The van der Waals surface area contributed by atoms with Crippen molar-refractivity contribution in [1.82, 2.24) is 19.9 Å². The zero-order valence-corrected chi connectivity index (χ0v) is 8.05. The van der Waals surface area contributed by atoms with Crippen LogP contribution in [0.25, 0.3) is 11.5 Å². The Kier molecular flexibility index (Phi) is 1.77. The summed E-state index contributed by atoms with van der Waals surface area (Å²) >= 11 is 4.94. The summed E-state index contributed by atoms with van der Waals surface area (Å²) < 4.78 is 7.06. The van der Waals surface area contributed by atoms with E-state index in [2.05, 4.69) is 15.2 Å². The predicted octanol–water partition coefficient (Wildman–Crippen LogP) is 1.44. The van der Waals surface area contributed by atoms with Crippen molar-refractivity contribution in [2.24, 2.45) is 7.05 Å². The van der Waals surface area contributed by atoms with Crippen LogP contribution in [0.1, 0.15) is 5.76 Å². The van der Waals surface area contributed by atoms with Gasteiger partial charge in [0.05, 0.1) is 0 Å². The molecule has 68 valence electrons. The molecule has 13 heavy (non-hydrogen) atoms. The second kappa shape index (κ2) is 2.81. The second-order valence-corrected chi connectivity index (χ2v) is 3.10. The van der Waals surface area contributed by atoms with Crippen LogP contribution in [0.5, 0.6) is 0 Å². The highest BCUT2D eigenvalue weighted by atomic mass is 32.1. The maximum atomic E-state index is 4.94. The van der Waals surface area contributed by atoms with Crippen LogP contribution in [0.15, 0.2) is 10.6 Å². The lowest BCUT2D eigenvalue weighted by Gasteiger charge is -1.86. The van der Waals surface area contributed by atoms with Crippen LogP contribution < -0.4 is 0 Å². The molecule has 0 aliphatic rings. The lowest BCUT2D eigenvalue weighted by molar-refractivity contribution is 0.399. The fourth-order valence-corrected chi connectivity index (χ4v) is 1.13. The van der Waals surface area contributed by atoms with E-state index in [1.54, 1.807) is 17.8 Å². The van der Waals surface area contributed by atoms with Gasteiger partial charge in [-0.15, -0.1) is 0 Å². The van der Waals surface area contributed by atoms with Crippen LogP contribution in [0, 0.1) is 11.7 Å². The maximum Gasteiger partial charge on any atom is 0.216 e. The summed E-state index contributed by atoms with van der Waals surface area (Å²) in [5.41, 5.74) is 0.671. The van der Waals surface area contributed by atoms with Crippen molar-refractivity contribution in [3.05, 3.63) is 16.6 Å². The predicted molar refractivity (Wildman–Crippen MR) is 48.6 cm³/mol. The quantitative estimate of drug-likeness (QED) is 0.701. The zero-order chi connectivity index (χ0) is 9.42. The summed E-state index contributed by atoms with van der Waals surface area (Å²) in [4.78, 5) is 4.09. The molecule has 0 amide bonds. The summed E-state index contributed by atoms with van der Waals surface area (Å²) in [7, 11) is 1.80. The van der Waals surface area contributed by atoms with E-state index >= 15 is 0 Å². The molecule has 0 saturated carbocycles. The van der Waals surface area contributed by atoms with E-state index in [0.717, 1.165) is 5.76 Å². The number of aromatic nitrogens is 4. The molecule has 0 saturated heterocycles. The van der Waals surface area contributed by atoms with Crippen LogP contribution in [0.4, 0.5) is 0 Å². The van der Waals surface area contributed by atoms with Crippen molar-refractivity contribution in [3.8, 4) is 11.5 Å². The molecule has 0 radical (unpaired) electrons. The van der Waals surface area contributed by atoms with Gasteiger partial charge in [0, 0.05) is 13.1 Å². The number of nitrogens with zero attached hydrogens (tertiary/aromatic N) is 3. The van der Waals surface area contributed by atoms with Gasteiger partial charge in [-0.05, 0) is 19.1 Å². The SMILES string of the molecule is Cc1cc(-c2nc(=S)n(C)[nH]2)no1. The Bertz CT molecular complexity index is 481. The molecule has 2 aromatic heterocycles. The molecule has 0 aliphatic carbocycles. The smallest absolute Gasteiger partial charge is 0.216 e. The van der Waals surface area contributed by atoms with Crippen molar-refractivity contribution in [1.29, 1.82) is 0 Å². The molecule has 0 bridgehead atoms. The Morgan fingerprint density at radius 3 is 2.85 bits per heavy atom. The highest BCUT2D eigenvalue weighted by Crippen LogP contribution is 2.13. The van der Waals surface area contributed by atoms with Gasteiger partial charge in [0.25, 0.3) is 0 Å². The van der Waals surface area contributed by atoms with E-state index in [0.29, 0.717) is 16.3 Å². The monoisotopic (exact) mass is 196 g/mol. The van der Waals surface area contributed by atoms with Crippen LogP contribution >= 0.6 is 12.2 Å². The molecule has 1 N–H and O–H groups in total. The molecular weight excluding hydrogens is 188 g/mol. The normalized spacial score (nSPS) is 10.6. The van der Waals surface area contributed by atoms with E-state index in [-0.39, 0.29) is 0 Å². The first-order valence-corrected chi connectivity index (χ1v) is 4.14. The maximum absolute atomic E-state index is 4.94. The summed E-state index contributed by atoms with van der Waals surface area (Å²) in [6.07, 6.45) is 0. The van der Waals surface area contributed by atoms with Crippen molar-refractivity contribution in [2.45, 2.75) is 6.92 Å². The average molecular weight is 196 g/mol. The summed E-state index contributed by atoms with van der Waals surface area (Å²) in [5.74, 6) is 1.38. The highest BCUT2D eigenvalue weighted by Gasteiger charge is 2.07. The number of aryl methyl sites for hydroxylation is 2. The Morgan fingerprint density at radius 1 is 1.62 bits per heavy atom. The molecule has 5 nitrogen and oxygen atoms in total. The first-order chi connectivity index (χ1) is 6.16. The number of aromatic amines is 1. The van der Waals surface area contributed by atoms with Gasteiger partial charge in [0.1, 0.15) is 5.76 Å². The first kappa shape index (κ1) is 8.18. The third-order valence-corrected chi connectivity index (χ3v) is 2.00. The molecule has 0 unspecified atom stereocenters. The molecule has 0 fully saturated rings. The average Bonchev–Trinajstić information content (AvgIpc) is 2.61. The summed E-state index contributed by atoms with van der Waals surface area (Å²) in [6, 6.07) is 1.80. The first-order valence-electron chi connectivity index (χ1n) is 3.73. The standard InChI is InChI=1S/C7H8N4OS/c1-4-3-5(10-12-4)6-8-7(13)11(2)9-6/h3H,1-2H3,(H,8,9,13). The lowest BCUT2D eigenvalue weighted by Crippen LogP contribution is -1.89. The Labute approximate surface area is 79.4 Å². The van der Waals surface area contributed by atoms with Crippen LogP contribution in [0.2, 0.25) is 0 Å². The Morgan fingerprint density at radius 2 is 2.38 bits per heavy atom. The molecule has 6 heteroatoms. The fraction of sp³-hybridized carbons (Fsp3) is 0.286. The summed E-state index contributed by atoms with van der Waals surface area (Å²) in [6.45, 7) is 1.83. The molecular formula is C7H8N4OS. The minimum atomic E-state index is 0.496. The molecule has 2 rings (SSSR count). The van der Waals surface area contributed by atoms with E-state index < -0.39 is 0 Å². The fourth-order valence-electron chi connectivity index (χ4n) is 0.995. The Hall–Kier alpha value is -1.43. The van der Waals surface area contributed by atoms with E-state index in [9.17, 15) is 0 Å². The minimum absolute atomic E-state index is 0.496. The van der Waals surface area contributed by atoms with Crippen LogP contribution in [-0.2, 0) is 7.05 Å². The second-order valence-electron chi connectivity index (χ2n) is 2.74. The van der Waals surface area contributed by atoms with Gasteiger partial charge >= 0.3 is 0 Å². The zero-order valence-electron chi connectivity index (χ0n) is 7.24.